The predicted molar refractivity (Wildman–Crippen MR) is 68.9 cm³/mol. The Morgan fingerprint density at radius 1 is 1.50 bits per heavy atom. The number of thioether (sulfide) groups is 1. The van der Waals surface area contributed by atoms with E-state index in [-0.39, 0.29) is 0 Å². The number of rotatable bonds is 1. The molecule has 2 aromatic heterocycles. The van der Waals surface area contributed by atoms with Crippen LogP contribution < -0.4 is 5.73 Å². The molecule has 1 aliphatic rings. The molecular weight excluding hydrogens is 218 g/mol. The SMILES string of the molecule is Nc1cccn2c(C3CCCSC3)ncc12. The van der Waals surface area contributed by atoms with E-state index in [0.29, 0.717) is 5.92 Å². The third-order valence-corrected chi connectivity index (χ3v) is 4.37. The maximum atomic E-state index is 5.93. The van der Waals surface area contributed by atoms with E-state index in [4.69, 9.17) is 5.73 Å². The molecule has 84 valence electrons. The van der Waals surface area contributed by atoms with Gasteiger partial charge in [-0.2, -0.15) is 11.8 Å². The minimum atomic E-state index is 0.586. The van der Waals surface area contributed by atoms with Gasteiger partial charge in [-0.15, -0.1) is 0 Å². The summed E-state index contributed by atoms with van der Waals surface area (Å²) in [4.78, 5) is 4.55. The van der Waals surface area contributed by atoms with Crippen molar-refractivity contribution in [1.29, 1.82) is 0 Å². The first-order chi connectivity index (χ1) is 7.86. The molecule has 0 saturated carbocycles. The highest BCUT2D eigenvalue weighted by Crippen LogP contribution is 2.31. The number of pyridine rings is 1. The van der Waals surface area contributed by atoms with Crippen LogP contribution in [0.15, 0.2) is 24.5 Å². The Balaban J connectivity index is 2.06. The smallest absolute Gasteiger partial charge is 0.117 e. The van der Waals surface area contributed by atoms with Crippen molar-refractivity contribution in [2.24, 2.45) is 0 Å². The lowest BCUT2D eigenvalue weighted by atomic mass is 10.1. The highest BCUT2D eigenvalue weighted by atomic mass is 32.2. The van der Waals surface area contributed by atoms with E-state index in [9.17, 15) is 0 Å². The topological polar surface area (TPSA) is 43.3 Å². The van der Waals surface area contributed by atoms with Gasteiger partial charge in [0.1, 0.15) is 5.82 Å². The molecule has 3 nitrogen and oxygen atoms in total. The molecule has 0 bridgehead atoms. The second kappa shape index (κ2) is 4.01. The van der Waals surface area contributed by atoms with E-state index in [2.05, 4.69) is 15.6 Å². The fourth-order valence-electron chi connectivity index (χ4n) is 2.31. The fourth-order valence-corrected chi connectivity index (χ4v) is 3.45. The van der Waals surface area contributed by atoms with Gasteiger partial charge < -0.3 is 10.1 Å². The number of anilines is 1. The number of nitrogens with two attached hydrogens (primary N) is 1. The van der Waals surface area contributed by atoms with Crippen molar-refractivity contribution < 1.29 is 0 Å². The van der Waals surface area contributed by atoms with Crippen LogP contribution in [0.5, 0.6) is 0 Å². The van der Waals surface area contributed by atoms with Crippen molar-refractivity contribution in [2.75, 3.05) is 17.2 Å². The lowest BCUT2D eigenvalue weighted by Gasteiger charge is -2.20. The number of aromatic nitrogens is 2. The van der Waals surface area contributed by atoms with E-state index < -0.39 is 0 Å². The normalized spacial score (nSPS) is 21.4. The zero-order valence-corrected chi connectivity index (χ0v) is 9.91. The Morgan fingerprint density at radius 3 is 3.25 bits per heavy atom. The molecule has 1 saturated heterocycles. The molecule has 0 aromatic carbocycles. The molecule has 4 heteroatoms. The third kappa shape index (κ3) is 1.57. The van der Waals surface area contributed by atoms with Crippen molar-refractivity contribution in [3.63, 3.8) is 0 Å². The predicted octanol–water partition coefficient (Wildman–Crippen LogP) is 2.53. The van der Waals surface area contributed by atoms with Crippen molar-refractivity contribution in [2.45, 2.75) is 18.8 Å². The van der Waals surface area contributed by atoms with Crippen molar-refractivity contribution in [3.8, 4) is 0 Å². The lowest BCUT2D eigenvalue weighted by molar-refractivity contribution is 0.621. The summed E-state index contributed by atoms with van der Waals surface area (Å²) in [6.07, 6.45) is 6.50. The average Bonchev–Trinajstić information content (AvgIpc) is 2.75. The second-order valence-corrected chi connectivity index (χ2v) is 5.40. The van der Waals surface area contributed by atoms with E-state index in [1.807, 2.05) is 30.1 Å². The maximum Gasteiger partial charge on any atom is 0.117 e. The van der Waals surface area contributed by atoms with Gasteiger partial charge in [0, 0.05) is 17.9 Å². The summed E-state index contributed by atoms with van der Waals surface area (Å²) < 4.78 is 2.14. The first-order valence-corrected chi connectivity index (χ1v) is 6.81. The van der Waals surface area contributed by atoms with Gasteiger partial charge in [0.05, 0.1) is 17.4 Å². The number of hydrogen-bond acceptors (Lipinski definition) is 3. The molecule has 3 heterocycles. The van der Waals surface area contributed by atoms with Crippen molar-refractivity contribution >= 4 is 23.0 Å². The molecular formula is C12H15N3S. The summed E-state index contributed by atoms with van der Waals surface area (Å²) in [5.74, 6) is 4.24. The van der Waals surface area contributed by atoms with Gasteiger partial charge in [-0.05, 0) is 30.7 Å². The summed E-state index contributed by atoms with van der Waals surface area (Å²) in [6.45, 7) is 0. The van der Waals surface area contributed by atoms with Crippen LogP contribution in [0, 0.1) is 0 Å². The number of fused-ring (bicyclic) bond motifs is 1. The summed E-state index contributed by atoms with van der Waals surface area (Å²) in [5.41, 5.74) is 7.78. The van der Waals surface area contributed by atoms with Crippen LogP contribution in [0.4, 0.5) is 5.69 Å². The largest absolute Gasteiger partial charge is 0.397 e. The number of nitrogens with zero attached hydrogens (tertiary/aromatic N) is 2. The zero-order valence-electron chi connectivity index (χ0n) is 9.10. The standard InChI is InChI=1S/C12H15N3S/c13-10-4-1-5-15-11(10)7-14-12(15)9-3-2-6-16-8-9/h1,4-5,7,9H,2-3,6,8,13H2. The van der Waals surface area contributed by atoms with Crippen molar-refractivity contribution in [1.82, 2.24) is 9.38 Å². The minimum absolute atomic E-state index is 0.586. The monoisotopic (exact) mass is 233 g/mol. The summed E-state index contributed by atoms with van der Waals surface area (Å²) in [6, 6.07) is 3.92. The Morgan fingerprint density at radius 2 is 2.44 bits per heavy atom. The van der Waals surface area contributed by atoms with Gasteiger partial charge in [0.15, 0.2) is 0 Å². The fraction of sp³-hybridized carbons (Fsp3) is 0.417. The maximum absolute atomic E-state index is 5.93. The van der Waals surface area contributed by atoms with Crippen LogP contribution in [-0.2, 0) is 0 Å². The van der Waals surface area contributed by atoms with Gasteiger partial charge in [-0.3, -0.25) is 0 Å². The number of hydrogen-bond donors (Lipinski definition) is 1. The Labute approximate surface area is 99.1 Å². The highest BCUT2D eigenvalue weighted by Gasteiger charge is 2.20. The summed E-state index contributed by atoms with van der Waals surface area (Å²) >= 11 is 2.03. The molecule has 2 N–H and O–H groups in total. The van der Waals surface area contributed by atoms with Gasteiger partial charge >= 0.3 is 0 Å². The second-order valence-electron chi connectivity index (χ2n) is 4.25. The van der Waals surface area contributed by atoms with Crippen molar-refractivity contribution in [3.05, 3.63) is 30.4 Å². The van der Waals surface area contributed by atoms with E-state index >= 15 is 0 Å². The zero-order chi connectivity index (χ0) is 11.0. The van der Waals surface area contributed by atoms with Crippen LogP contribution in [0.1, 0.15) is 24.6 Å². The molecule has 0 spiro atoms. The molecule has 1 fully saturated rings. The Bertz CT molecular complexity index is 500. The summed E-state index contributed by atoms with van der Waals surface area (Å²) in [5, 5.41) is 0. The van der Waals surface area contributed by atoms with Gasteiger partial charge in [-0.25, -0.2) is 4.98 Å². The lowest BCUT2D eigenvalue weighted by Crippen LogP contribution is -2.12. The Kier molecular flexibility index (Phi) is 2.52. The molecule has 0 amide bonds. The number of nitrogen functional groups attached to an aromatic ring is 1. The van der Waals surface area contributed by atoms with E-state index in [0.717, 1.165) is 11.2 Å². The van der Waals surface area contributed by atoms with Crippen LogP contribution >= 0.6 is 11.8 Å². The molecule has 2 aromatic rings. The molecule has 0 radical (unpaired) electrons. The molecule has 3 rings (SSSR count). The number of imidazole rings is 1. The van der Waals surface area contributed by atoms with Crippen LogP contribution in [0.25, 0.3) is 5.52 Å². The average molecular weight is 233 g/mol. The molecule has 1 unspecified atom stereocenters. The van der Waals surface area contributed by atoms with E-state index in [1.54, 1.807) is 0 Å². The first kappa shape index (κ1) is 10.0. The molecule has 16 heavy (non-hydrogen) atoms. The minimum Gasteiger partial charge on any atom is -0.397 e. The van der Waals surface area contributed by atoms with E-state index in [1.165, 1.54) is 30.2 Å². The summed E-state index contributed by atoms with van der Waals surface area (Å²) in [7, 11) is 0. The quantitative estimate of drug-likeness (QED) is 0.823. The van der Waals surface area contributed by atoms with Crippen LogP contribution in [0.2, 0.25) is 0 Å². The van der Waals surface area contributed by atoms with Gasteiger partial charge in [0.25, 0.3) is 0 Å². The van der Waals surface area contributed by atoms with Gasteiger partial charge in [0.2, 0.25) is 0 Å². The molecule has 1 atom stereocenters. The van der Waals surface area contributed by atoms with Gasteiger partial charge in [-0.1, -0.05) is 0 Å². The third-order valence-electron chi connectivity index (χ3n) is 3.16. The highest BCUT2D eigenvalue weighted by molar-refractivity contribution is 7.99. The Hall–Kier alpha value is -1.16. The molecule has 0 aliphatic carbocycles. The van der Waals surface area contributed by atoms with Crippen LogP contribution in [0.3, 0.4) is 0 Å². The van der Waals surface area contributed by atoms with Crippen LogP contribution in [-0.4, -0.2) is 20.9 Å². The first-order valence-electron chi connectivity index (χ1n) is 5.65. The molecule has 1 aliphatic heterocycles.